The van der Waals surface area contributed by atoms with E-state index in [-0.39, 0.29) is 12.0 Å². The third kappa shape index (κ3) is 2.09. The van der Waals surface area contributed by atoms with Crippen LogP contribution < -0.4 is 11.1 Å². The number of carboxylic acids is 1. The van der Waals surface area contributed by atoms with E-state index in [0.29, 0.717) is 6.41 Å². The van der Waals surface area contributed by atoms with Crippen LogP contribution in [0.1, 0.15) is 6.42 Å². The van der Waals surface area contributed by atoms with Crippen LogP contribution in [0.3, 0.4) is 0 Å². The van der Waals surface area contributed by atoms with Crippen molar-refractivity contribution in [1.82, 2.24) is 5.32 Å². The molecule has 6 nitrogen and oxygen atoms in total. The van der Waals surface area contributed by atoms with Crippen molar-refractivity contribution in [3.63, 3.8) is 0 Å². The number of hydrogen-bond donors (Lipinski definition) is 4. The van der Waals surface area contributed by atoms with E-state index < -0.39 is 24.2 Å². The highest BCUT2D eigenvalue weighted by atomic mass is 16.4. The largest absolute Gasteiger partial charge is 0.478 e. The number of nitrogens with one attached hydrogen (secondary N) is 1. The molecule has 5 N–H and O–H groups in total. The topological polar surface area (TPSA) is 113 Å². The van der Waals surface area contributed by atoms with Crippen molar-refractivity contribution < 1.29 is 19.8 Å². The average molecular weight is 200 g/mol. The molecule has 0 radical (unpaired) electrons. The summed E-state index contributed by atoms with van der Waals surface area (Å²) in [7, 11) is 0. The van der Waals surface area contributed by atoms with Gasteiger partial charge in [0.05, 0.1) is 12.1 Å². The van der Waals surface area contributed by atoms with Crippen LogP contribution >= 0.6 is 0 Å². The molecule has 3 atom stereocenters. The molecule has 78 valence electrons. The molecular formula is C8H12N2O4. The molecule has 0 aliphatic heterocycles. The molecule has 1 rings (SSSR count). The van der Waals surface area contributed by atoms with Gasteiger partial charge >= 0.3 is 5.97 Å². The van der Waals surface area contributed by atoms with E-state index in [1.165, 1.54) is 6.08 Å². The lowest BCUT2D eigenvalue weighted by Gasteiger charge is -2.30. The summed E-state index contributed by atoms with van der Waals surface area (Å²) in [5, 5.41) is 20.5. The molecule has 0 heterocycles. The molecule has 0 spiro atoms. The normalized spacial score (nSPS) is 31.9. The summed E-state index contributed by atoms with van der Waals surface area (Å²) in [6.45, 7) is 0. The predicted octanol–water partition coefficient (Wildman–Crippen LogP) is -1.80. The van der Waals surface area contributed by atoms with Crippen molar-refractivity contribution >= 4 is 12.4 Å². The van der Waals surface area contributed by atoms with E-state index in [2.05, 4.69) is 5.32 Å². The maximum Gasteiger partial charge on any atom is 0.331 e. The van der Waals surface area contributed by atoms with Crippen molar-refractivity contribution in [2.75, 3.05) is 0 Å². The van der Waals surface area contributed by atoms with E-state index in [9.17, 15) is 14.7 Å². The fourth-order valence-electron chi connectivity index (χ4n) is 1.47. The van der Waals surface area contributed by atoms with Gasteiger partial charge in [0.2, 0.25) is 6.41 Å². The Bertz CT molecular complexity index is 277. The monoisotopic (exact) mass is 200 g/mol. The van der Waals surface area contributed by atoms with Crippen LogP contribution in [0.25, 0.3) is 0 Å². The first kappa shape index (κ1) is 10.7. The molecule has 1 amide bonds. The van der Waals surface area contributed by atoms with E-state index in [0.717, 1.165) is 0 Å². The van der Waals surface area contributed by atoms with Gasteiger partial charge in [-0.1, -0.05) is 6.08 Å². The van der Waals surface area contributed by atoms with Gasteiger partial charge in [-0.3, -0.25) is 4.79 Å². The molecule has 0 aromatic rings. The van der Waals surface area contributed by atoms with Crippen LogP contribution in [0.2, 0.25) is 0 Å². The number of rotatable bonds is 3. The fourth-order valence-corrected chi connectivity index (χ4v) is 1.47. The number of aliphatic carboxylic acids is 1. The summed E-state index contributed by atoms with van der Waals surface area (Å²) in [6.07, 6.45) is 0.823. The third-order valence-electron chi connectivity index (χ3n) is 2.19. The highest BCUT2D eigenvalue weighted by Gasteiger charge is 2.31. The Labute approximate surface area is 80.4 Å². The summed E-state index contributed by atoms with van der Waals surface area (Å²) in [5.41, 5.74) is 5.64. The fraction of sp³-hybridized carbons (Fsp3) is 0.500. The Balaban J connectivity index is 2.80. The Morgan fingerprint density at radius 2 is 2.36 bits per heavy atom. The minimum atomic E-state index is -1.09. The molecule has 0 saturated carbocycles. The van der Waals surface area contributed by atoms with E-state index in [4.69, 9.17) is 10.8 Å². The zero-order valence-electron chi connectivity index (χ0n) is 7.38. The SMILES string of the molecule is NC1C=C(C(=O)O)CC(O)C1NC=O. The molecule has 1 aliphatic carbocycles. The number of amides is 1. The van der Waals surface area contributed by atoms with Gasteiger partial charge in [-0.15, -0.1) is 0 Å². The van der Waals surface area contributed by atoms with Crippen LogP contribution in [-0.4, -0.2) is 40.8 Å². The number of carbonyl (C=O) groups is 2. The van der Waals surface area contributed by atoms with Crippen molar-refractivity contribution in [2.45, 2.75) is 24.6 Å². The maximum atomic E-state index is 10.6. The molecular weight excluding hydrogens is 188 g/mol. The van der Waals surface area contributed by atoms with Gasteiger partial charge in [-0.2, -0.15) is 0 Å². The van der Waals surface area contributed by atoms with Crippen molar-refractivity contribution in [2.24, 2.45) is 5.73 Å². The van der Waals surface area contributed by atoms with Crippen molar-refractivity contribution in [3.05, 3.63) is 11.6 Å². The van der Waals surface area contributed by atoms with Gasteiger partial charge in [0, 0.05) is 18.0 Å². The predicted molar refractivity (Wildman–Crippen MR) is 47.3 cm³/mol. The lowest BCUT2D eigenvalue weighted by atomic mass is 9.89. The highest BCUT2D eigenvalue weighted by molar-refractivity contribution is 5.87. The molecule has 1 aliphatic rings. The zero-order chi connectivity index (χ0) is 10.7. The molecule has 0 aromatic heterocycles. The van der Waals surface area contributed by atoms with Gasteiger partial charge in [0.25, 0.3) is 0 Å². The number of carboxylic acid groups (broad SMARTS) is 1. The van der Waals surface area contributed by atoms with Gasteiger partial charge in [0.15, 0.2) is 0 Å². The highest BCUT2D eigenvalue weighted by Crippen LogP contribution is 2.18. The van der Waals surface area contributed by atoms with E-state index >= 15 is 0 Å². The number of carbonyl (C=O) groups excluding carboxylic acids is 1. The van der Waals surface area contributed by atoms with Gasteiger partial charge in [0.1, 0.15) is 0 Å². The second-order valence-corrected chi connectivity index (χ2v) is 3.16. The van der Waals surface area contributed by atoms with Gasteiger partial charge < -0.3 is 21.3 Å². The first-order valence-corrected chi connectivity index (χ1v) is 4.13. The molecule has 0 fully saturated rings. The van der Waals surface area contributed by atoms with Gasteiger partial charge in [-0.05, 0) is 0 Å². The Kier molecular flexibility index (Phi) is 3.21. The first-order valence-electron chi connectivity index (χ1n) is 4.13. The minimum Gasteiger partial charge on any atom is -0.478 e. The van der Waals surface area contributed by atoms with Crippen LogP contribution in [0, 0.1) is 0 Å². The summed E-state index contributed by atoms with van der Waals surface area (Å²) < 4.78 is 0. The van der Waals surface area contributed by atoms with Crippen LogP contribution in [0.15, 0.2) is 11.6 Å². The quantitative estimate of drug-likeness (QED) is 0.402. The summed E-state index contributed by atoms with van der Waals surface area (Å²) in [6, 6.07) is -1.29. The standard InChI is InChI=1S/C8H12N2O4/c9-5-1-4(8(13)14)2-6(12)7(5)10-3-11/h1,3,5-7,12H,2,9H2,(H,10,11)(H,13,14). The van der Waals surface area contributed by atoms with Crippen LogP contribution in [0.4, 0.5) is 0 Å². The van der Waals surface area contributed by atoms with Gasteiger partial charge in [-0.25, -0.2) is 4.79 Å². The molecule has 3 unspecified atom stereocenters. The number of aliphatic hydroxyl groups excluding tert-OH is 1. The van der Waals surface area contributed by atoms with Crippen molar-refractivity contribution in [1.29, 1.82) is 0 Å². The number of nitrogens with two attached hydrogens (primary N) is 1. The lowest BCUT2D eigenvalue weighted by molar-refractivity contribution is -0.133. The maximum absolute atomic E-state index is 10.6. The first-order chi connectivity index (χ1) is 6.56. The molecule has 6 heteroatoms. The summed E-state index contributed by atoms with van der Waals surface area (Å²) in [4.78, 5) is 20.7. The third-order valence-corrected chi connectivity index (χ3v) is 2.19. The van der Waals surface area contributed by atoms with E-state index in [1.807, 2.05) is 0 Å². The second-order valence-electron chi connectivity index (χ2n) is 3.16. The summed E-state index contributed by atoms with van der Waals surface area (Å²) in [5.74, 6) is -1.09. The molecule has 0 aromatic carbocycles. The lowest BCUT2D eigenvalue weighted by Crippen LogP contribution is -2.53. The van der Waals surface area contributed by atoms with Crippen LogP contribution in [-0.2, 0) is 9.59 Å². The number of aliphatic hydroxyl groups is 1. The van der Waals surface area contributed by atoms with Crippen LogP contribution in [0.5, 0.6) is 0 Å². The minimum absolute atomic E-state index is 0.00542. The van der Waals surface area contributed by atoms with E-state index in [1.54, 1.807) is 0 Å². The second kappa shape index (κ2) is 4.21. The molecule has 0 saturated heterocycles. The molecule has 14 heavy (non-hydrogen) atoms. The Hall–Kier alpha value is -1.40. The zero-order valence-corrected chi connectivity index (χ0v) is 7.38. The smallest absolute Gasteiger partial charge is 0.331 e. The molecule has 0 bridgehead atoms. The number of hydrogen-bond acceptors (Lipinski definition) is 4. The average Bonchev–Trinajstić information content (AvgIpc) is 2.10. The summed E-state index contributed by atoms with van der Waals surface area (Å²) >= 11 is 0. The Morgan fingerprint density at radius 1 is 1.71 bits per heavy atom. The van der Waals surface area contributed by atoms with Crippen molar-refractivity contribution in [3.8, 4) is 0 Å². The Morgan fingerprint density at radius 3 is 2.79 bits per heavy atom.